The minimum Gasteiger partial charge on any atom is -0.305 e. The maximum atomic E-state index is 2.35. The van der Waals surface area contributed by atoms with Crippen molar-refractivity contribution < 1.29 is 0 Å². The van der Waals surface area contributed by atoms with Crippen LogP contribution in [-0.4, -0.2) is 57.0 Å². The Morgan fingerprint density at radius 2 is 1.17 bits per heavy atom. The second-order valence-corrected chi connectivity index (χ2v) is 5.82. The van der Waals surface area contributed by atoms with Gasteiger partial charge in [-0.1, -0.05) is 18.2 Å². The molecule has 0 atom stereocenters. The molecule has 0 unspecified atom stereocenters. The quantitative estimate of drug-likeness (QED) is 0.762. The van der Waals surface area contributed by atoms with Crippen LogP contribution in [-0.2, 0) is 19.6 Å². The SMILES string of the molecule is CN(C)Cc1ccc(CN(C)C)c(CN(C)C)c1. The van der Waals surface area contributed by atoms with Crippen molar-refractivity contribution in [3.05, 3.63) is 34.9 Å². The van der Waals surface area contributed by atoms with Gasteiger partial charge in [0.2, 0.25) is 0 Å². The van der Waals surface area contributed by atoms with E-state index in [9.17, 15) is 0 Å². The number of rotatable bonds is 6. The summed E-state index contributed by atoms with van der Waals surface area (Å²) in [4.78, 5) is 6.66. The smallest absolute Gasteiger partial charge is 0.0230 e. The first-order valence-corrected chi connectivity index (χ1v) is 6.43. The van der Waals surface area contributed by atoms with E-state index in [2.05, 4.69) is 75.2 Å². The van der Waals surface area contributed by atoms with E-state index in [4.69, 9.17) is 0 Å². The number of benzene rings is 1. The van der Waals surface area contributed by atoms with E-state index in [1.807, 2.05) is 0 Å². The fourth-order valence-corrected chi connectivity index (χ4v) is 2.13. The van der Waals surface area contributed by atoms with Crippen LogP contribution in [0.1, 0.15) is 16.7 Å². The van der Waals surface area contributed by atoms with Crippen molar-refractivity contribution in [1.29, 1.82) is 0 Å². The third-order valence-corrected chi connectivity index (χ3v) is 2.74. The Hall–Kier alpha value is -0.900. The first-order valence-electron chi connectivity index (χ1n) is 6.43. The fourth-order valence-electron chi connectivity index (χ4n) is 2.13. The van der Waals surface area contributed by atoms with Gasteiger partial charge in [-0.2, -0.15) is 0 Å². The van der Waals surface area contributed by atoms with Crippen LogP contribution >= 0.6 is 0 Å². The standard InChI is InChI=1S/C15H27N3/c1-16(2)10-13-7-8-14(11-17(3)4)15(9-13)12-18(5)6/h7-9H,10-12H2,1-6H3. The van der Waals surface area contributed by atoms with Crippen molar-refractivity contribution in [2.45, 2.75) is 19.6 Å². The topological polar surface area (TPSA) is 9.72 Å². The van der Waals surface area contributed by atoms with Crippen LogP contribution in [0, 0.1) is 0 Å². The summed E-state index contributed by atoms with van der Waals surface area (Å²) in [5.74, 6) is 0. The summed E-state index contributed by atoms with van der Waals surface area (Å²) in [6.45, 7) is 3.01. The lowest BCUT2D eigenvalue weighted by molar-refractivity contribution is 0.378. The van der Waals surface area contributed by atoms with Crippen molar-refractivity contribution in [3.63, 3.8) is 0 Å². The number of nitrogens with zero attached hydrogens (tertiary/aromatic N) is 3. The van der Waals surface area contributed by atoms with E-state index >= 15 is 0 Å². The largest absolute Gasteiger partial charge is 0.305 e. The van der Waals surface area contributed by atoms with Crippen LogP contribution in [0.15, 0.2) is 18.2 Å². The van der Waals surface area contributed by atoms with Crippen molar-refractivity contribution in [2.24, 2.45) is 0 Å². The molecular formula is C15H27N3. The van der Waals surface area contributed by atoms with Gasteiger partial charge in [0.25, 0.3) is 0 Å². The van der Waals surface area contributed by atoms with Crippen LogP contribution in [0.25, 0.3) is 0 Å². The van der Waals surface area contributed by atoms with Crippen molar-refractivity contribution in [1.82, 2.24) is 14.7 Å². The average Bonchev–Trinajstić information content (AvgIpc) is 2.19. The van der Waals surface area contributed by atoms with E-state index in [-0.39, 0.29) is 0 Å². The van der Waals surface area contributed by atoms with Gasteiger partial charge < -0.3 is 14.7 Å². The molecule has 0 aliphatic carbocycles. The summed E-state index contributed by atoms with van der Waals surface area (Å²) >= 11 is 0. The monoisotopic (exact) mass is 249 g/mol. The van der Waals surface area contributed by atoms with E-state index in [0.29, 0.717) is 0 Å². The van der Waals surface area contributed by atoms with Crippen LogP contribution < -0.4 is 0 Å². The Balaban J connectivity index is 2.96. The molecule has 102 valence electrons. The second kappa shape index (κ2) is 6.88. The molecule has 3 nitrogen and oxygen atoms in total. The predicted molar refractivity (Wildman–Crippen MR) is 78.6 cm³/mol. The normalized spacial score (nSPS) is 11.8. The molecule has 0 saturated heterocycles. The molecule has 1 rings (SSSR count). The summed E-state index contributed by atoms with van der Waals surface area (Å²) in [6.07, 6.45) is 0. The first-order chi connectivity index (χ1) is 8.38. The Kier molecular flexibility index (Phi) is 5.79. The maximum absolute atomic E-state index is 2.35. The van der Waals surface area contributed by atoms with E-state index in [0.717, 1.165) is 19.6 Å². The lowest BCUT2D eigenvalue weighted by atomic mass is 10.0. The summed E-state index contributed by atoms with van der Waals surface area (Å²) in [7, 11) is 12.7. The van der Waals surface area contributed by atoms with E-state index < -0.39 is 0 Å². The van der Waals surface area contributed by atoms with Gasteiger partial charge in [0.1, 0.15) is 0 Å². The molecule has 18 heavy (non-hydrogen) atoms. The van der Waals surface area contributed by atoms with Gasteiger partial charge in [-0.3, -0.25) is 0 Å². The summed E-state index contributed by atoms with van der Waals surface area (Å²) in [5.41, 5.74) is 4.25. The van der Waals surface area contributed by atoms with Gasteiger partial charge in [0, 0.05) is 19.6 Å². The van der Waals surface area contributed by atoms with Crippen LogP contribution in [0.5, 0.6) is 0 Å². The summed E-state index contributed by atoms with van der Waals surface area (Å²) in [6, 6.07) is 6.87. The molecule has 0 aromatic heterocycles. The summed E-state index contributed by atoms with van der Waals surface area (Å²) in [5, 5.41) is 0. The minimum atomic E-state index is 1.00. The molecule has 0 bridgehead atoms. The molecule has 0 N–H and O–H groups in total. The van der Waals surface area contributed by atoms with E-state index in [1.54, 1.807) is 0 Å². The molecular weight excluding hydrogens is 222 g/mol. The highest BCUT2D eigenvalue weighted by Gasteiger charge is 2.07. The highest BCUT2D eigenvalue weighted by Crippen LogP contribution is 2.16. The van der Waals surface area contributed by atoms with Crippen molar-refractivity contribution in [2.75, 3.05) is 42.3 Å². The molecule has 0 saturated carbocycles. The number of hydrogen-bond donors (Lipinski definition) is 0. The Labute approximate surface area is 112 Å². The average molecular weight is 249 g/mol. The zero-order valence-electron chi connectivity index (χ0n) is 12.7. The minimum absolute atomic E-state index is 1.00. The zero-order chi connectivity index (χ0) is 13.7. The zero-order valence-corrected chi connectivity index (χ0v) is 12.7. The van der Waals surface area contributed by atoms with Gasteiger partial charge in [0.05, 0.1) is 0 Å². The van der Waals surface area contributed by atoms with Crippen LogP contribution in [0.4, 0.5) is 0 Å². The molecule has 1 aromatic carbocycles. The van der Waals surface area contributed by atoms with Crippen molar-refractivity contribution >= 4 is 0 Å². The highest BCUT2D eigenvalue weighted by molar-refractivity contribution is 5.32. The van der Waals surface area contributed by atoms with Gasteiger partial charge in [-0.15, -0.1) is 0 Å². The molecule has 0 aliphatic heterocycles. The molecule has 0 radical (unpaired) electrons. The Morgan fingerprint density at radius 3 is 1.67 bits per heavy atom. The Morgan fingerprint density at radius 1 is 0.667 bits per heavy atom. The summed E-state index contributed by atoms with van der Waals surface area (Å²) < 4.78 is 0. The molecule has 1 aromatic rings. The predicted octanol–water partition coefficient (Wildman–Crippen LogP) is 1.87. The van der Waals surface area contributed by atoms with Crippen LogP contribution in [0.3, 0.4) is 0 Å². The molecule has 3 heteroatoms. The lowest BCUT2D eigenvalue weighted by Crippen LogP contribution is -2.18. The first kappa shape index (κ1) is 15.2. The third kappa shape index (κ3) is 5.17. The molecule has 0 heterocycles. The van der Waals surface area contributed by atoms with E-state index in [1.165, 1.54) is 16.7 Å². The number of hydrogen-bond acceptors (Lipinski definition) is 3. The van der Waals surface area contributed by atoms with Gasteiger partial charge in [-0.25, -0.2) is 0 Å². The molecule has 0 fully saturated rings. The van der Waals surface area contributed by atoms with Gasteiger partial charge in [-0.05, 0) is 59.0 Å². The fraction of sp³-hybridized carbons (Fsp3) is 0.600. The third-order valence-electron chi connectivity index (χ3n) is 2.74. The highest BCUT2D eigenvalue weighted by atomic mass is 15.1. The second-order valence-electron chi connectivity index (χ2n) is 5.82. The van der Waals surface area contributed by atoms with Crippen molar-refractivity contribution in [3.8, 4) is 0 Å². The Bertz CT molecular complexity index is 370. The van der Waals surface area contributed by atoms with Gasteiger partial charge >= 0.3 is 0 Å². The molecule has 0 spiro atoms. The molecule has 0 aliphatic rings. The lowest BCUT2D eigenvalue weighted by Gasteiger charge is -2.19. The van der Waals surface area contributed by atoms with Gasteiger partial charge in [0.15, 0.2) is 0 Å². The molecule has 0 amide bonds. The van der Waals surface area contributed by atoms with Crippen LogP contribution in [0.2, 0.25) is 0 Å². The maximum Gasteiger partial charge on any atom is 0.0230 e.